The Labute approximate surface area is 159 Å². The summed E-state index contributed by atoms with van der Waals surface area (Å²) in [5.41, 5.74) is 1.45. The second-order valence-electron chi connectivity index (χ2n) is 7.02. The molecule has 0 aliphatic rings. The van der Waals surface area contributed by atoms with Crippen LogP contribution in [0.3, 0.4) is 0 Å². The first-order valence-electron chi connectivity index (χ1n) is 7.97. The van der Waals surface area contributed by atoms with Crippen molar-refractivity contribution in [3.05, 3.63) is 58.1 Å². The number of methoxy groups -OCH3 is 1. The van der Waals surface area contributed by atoms with Crippen molar-refractivity contribution < 1.29 is 17.9 Å². The van der Waals surface area contributed by atoms with Gasteiger partial charge in [-0.1, -0.05) is 44.5 Å². The number of ether oxygens (including phenoxy) is 1. The monoisotopic (exact) mass is 395 g/mol. The number of nitrogens with one attached hydrogen (secondary N) is 1. The molecule has 0 aliphatic heterocycles. The Hall–Kier alpha value is -2.05. The van der Waals surface area contributed by atoms with Gasteiger partial charge in [0.2, 0.25) is 0 Å². The number of hydrogen-bond acceptors (Lipinski definition) is 4. The summed E-state index contributed by atoms with van der Waals surface area (Å²) in [5, 5.41) is 0.301. The maximum absolute atomic E-state index is 13.0. The van der Waals surface area contributed by atoms with Crippen LogP contribution in [0.25, 0.3) is 0 Å². The molecule has 0 saturated heterocycles. The molecule has 2 aromatic rings. The fourth-order valence-corrected chi connectivity index (χ4v) is 3.96. The van der Waals surface area contributed by atoms with Gasteiger partial charge < -0.3 is 4.74 Å². The van der Waals surface area contributed by atoms with Gasteiger partial charge in [-0.3, -0.25) is 4.72 Å². The summed E-state index contributed by atoms with van der Waals surface area (Å²) in [7, 11) is -2.70. The lowest BCUT2D eigenvalue weighted by Crippen LogP contribution is -2.19. The van der Waals surface area contributed by atoms with Crippen LogP contribution in [0, 0.1) is 6.92 Å². The number of rotatable bonds is 4. The molecule has 0 fully saturated rings. The second kappa shape index (κ2) is 7.29. The van der Waals surface area contributed by atoms with Crippen LogP contribution < -0.4 is 4.72 Å². The van der Waals surface area contributed by atoms with E-state index in [1.807, 2.05) is 26.8 Å². The molecule has 2 aromatic carbocycles. The summed E-state index contributed by atoms with van der Waals surface area (Å²) < 4.78 is 33.1. The molecule has 26 heavy (non-hydrogen) atoms. The van der Waals surface area contributed by atoms with E-state index in [4.69, 9.17) is 16.3 Å². The van der Waals surface area contributed by atoms with E-state index in [0.717, 1.165) is 5.56 Å². The number of halogens is 1. The van der Waals surface area contributed by atoms with Gasteiger partial charge in [0.15, 0.2) is 0 Å². The highest BCUT2D eigenvalue weighted by atomic mass is 35.5. The van der Waals surface area contributed by atoms with E-state index < -0.39 is 16.0 Å². The summed E-state index contributed by atoms with van der Waals surface area (Å²) in [5.74, 6) is -0.653. The second-order valence-corrected chi connectivity index (χ2v) is 9.10. The number of anilines is 1. The molecular weight excluding hydrogens is 374 g/mol. The molecule has 0 aromatic heterocycles. The molecule has 0 saturated carbocycles. The molecule has 0 radical (unpaired) electrons. The van der Waals surface area contributed by atoms with Crippen molar-refractivity contribution >= 4 is 33.3 Å². The van der Waals surface area contributed by atoms with Gasteiger partial charge in [-0.25, -0.2) is 13.2 Å². The van der Waals surface area contributed by atoms with E-state index in [1.165, 1.54) is 25.3 Å². The normalized spacial score (nSPS) is 11.9. The largest absolute Gasteiger partial charge is 0.465 e. The zero-order chi connectivity index (χ0) is 19.7. The molecule has 0 atom stereocenters. The third-order valence-electron chi connectivity index (χ3n) is 3.97. The molecule has 0 unspecified atom stereocenters. The molecule has 0 amide bonds. The quantitative estimate of drug-likeness (QED) is 0.771. The third kappa shape index (κ3) is 4.37. The van der Waals surface area contributed by atoms with E-state index in [0.29, 0.717) is 10.6 Å². The van der Waals surface area contributed by atoms with Gasteiger partial charge in [-0.15, -0.1) is 0 Å². The van der Waals surface area contributed by atoms with E-state index >= 15 is 0 Å². The topological polar surface area (TPSA) is 72.5 Å². The van der Waals surface area contributed by atoms with Crippen molar-refractivity contribution in [3.8, 4) is 0 Å². The van der Waals surface area contributed by atoms with Gasteiger partial charge in [0.25, 0.3) is 10.0 Å². The van der Waals surface area contributed by atoms with Crippen LogP contribution in [0.4, 0.5) is 5.69 Å². The van der Waals surface area contributed by atoms with Gasteiger partial charge in [-0.2, -0.15) is 0 Å². The molecule has 2 rings (SSSR count). The fraction of sp³-hybridized carbons (Fsp3) is 0.316. The summed E-state index contributed by atoms with van der Waals surface area (Å²) in [4.78, 5) is 12.1. The molecule has 0 bridgehead atoms. The maximum atomic E-state index is 13.0. The van der Waals surface area contributed by atoms with Crippen LogP contribution in [0.1, 0.15) is 42.3 Å². The van der Waals surface area contributed by atoms with Crippen molar-refractivity contribution in [3.63, 3.8) is 0 Å². The lowest BCUT2D eigenvalue weighted by molar-refractivity contribution is 0.0602. The Balaban J connectivity index is 2.54. The minimum absolute atomic E-state index is 0.0740. The first-order valence-corrected chi connectivity index (χ1v) is 9.83. The molecule has 0 heterocycles. The zero-order valence-corrected chi connectivity index (χ0v) is 17.0. The number of hydrogen-bond donors (Lipinski definition) is 1. The van der Waals surface area contributed by atoms with Crippen LogP contribution in [0.15, 0.2) is 41.3 Å². The molecule has 5 nitrogen and oxygen atoms in total. The molecule has 7 heteroatoms. The van der Waals surface area contributed by atoms with E-state index in [1.54, 1.807) is 19.1 Å². The molecule has 0 spiro atoms. The summed E-state index contributed by atoms with van der Waals surface area (Å²) in [6, 6.07) is 9.64. The van der Waals surface area contributed by atoms with Crippen molar-refractivity contribution in [2.24, 2.45) is 0 Å². The number of carbonyl (C=O) groups is 1. The number of carbonyl (C=O) groups excluding carboxylic acids is 1. The lowest BCUT2D eigenvalue weighted by atomic mass is 9.87. The Morgan fingerprint density at radius 2 is 1.77 bits per heavy atom. The van der Waals surface area contributed by atoms with Gasteiger partial charge in [0, 0.05) is 5.02 Å². The number of benzene rings is 2. The molecule has 1 N–H and O–H groups in total. The first kappa shape index (κ1) is 20.3. The van der Waals surface area contributed by atoms with E-state index in [9.17, 15) is 13.2 Å². The SMILES string of the molecule is COC(=O)c1ccc(Cl)cc1NS(=O)(=O)c1cc(C(C)(C)C)ccc1C. The van der Waals surface area contributed by atoms with Gasteiger partial charge in [0.1, 0.15) is 0 Å². The zero-order valence-electron chi connectivity index (χ0n) is 15.4. The number of esters is 1. The van der Waals surface area contributed by atoms with Gasteiger partial charge in [0.05, 0.1) is 23.3 Å². The van der Waals surface area contributed by atoms with Crippen molar-refractivity contribution in [1.82, 2.24) is 0 Å². The molecule has 0 aliphatic carbocycles. The highest BCUT2D eigenvalue weighted by Gasteiger charge is 2.23. The Kier molecular flexibility index (Phi) is 5.68. The minimum Gasteiger partial charge on any atom is -0.465 e. The summed E-state index contributed by atoms with van der Waals surface area (Å²) in [6.45, 7) is 7.75. The van der Waals surface area contributed by atoms with E-state index in [-0.39, 0.29) is 21.6 Å². The van der Waals surface area contributed by atoms with Crippen molar-refractivity contribution in [1.29, 1.82) is 0 Å². The Morgan fingerprint density at radius 1 is 1.12 bits per heavy atom. The predicted octanol–water partition coefficient (Wildman–Crippen LogP) is 4.53. The number of aryl methyl sites for hydroxylation is 1. The maximum Gasteiger partial charge on any atom is 0.339 e. The summed E-state index contributed by atoms with van der Waals surface area (Å²) in [6.07, 6.45) is 0. The Morgan fingerprint density at radius 3 is 2.35 bits per heavy atom. The predicted molar refractivity (Wildman–Crippen MR) is 103 cm³/mol. The van der Waals surface area contributed by atoms with E-state index in [2.05, 4.69) is 4.72 Å². The van der Waals surface area contributed by atoms with Crippen molar-refractivity contribution in [2.75, 3.05) is 11.8 Å². The van der Waals surface area contributed by atoms with Crippen LogP contribution in [-0.4, -0.2) is 21.5 Å². The third-order valence-corrected chi connectivity index (χ3v) is 5.72. The number of sulfonamides is 1. The minimum atomic E-state index is -3.92. The average Bonchev–Trinajstić information content (AvgIpc) is 2.53. The molecular formula is C19H22ClNO4S. The fourth-order valence-electron chi connectivity index (χ4n) is 2.44. The average molecular weight is 396 g/mol. The van der Waals surface area contributed by atoms with Gasteiger partial charge >= 0.3 is 5.97 Å². The highest BCUT2D eigenvalue weighted by molar-refractivity contribution is 7.92. The first-order chi connectivity index (χ1) is 12.0. The smallest absolute Gasteiger partial charge is 0.339 e. The van der Waals surface area contributed by atoms with Crippen LogP contribution in [0.5, 0.6) is 0 Å². The lowest BCUT2D eigenvalue weighted by Gasteiger charge is -2.21. The van der Waals surface area contributed by atoms with Crippen LogP contribution >= 0.6 is 11.6 Å². The van der Waals surface area contributed by atoms with Crippen LogP contribution in [0.2, 0.25) is 5.02 Å². The Bertz CT molecular complexity index is 946. The summed E-state index contributed by atoms with van der Waals surface area (Å²) >= 11 is 5.97. The molecule has 140 valence electrons. The highest BCUT2D eigenvalue weighted by Crippen LogP contribution is 2.29. The standard InChI is InChI=1S/C19H22ClNO4S/c1-12-6-7-13(19(2,3)4)10-17(12)26(23,24)21-16-11-14(20)8-9-15(16)18(22)25-5/h6-11,21H,1-5H3. The van der Waals surface area contributed by atoms with Gasteiger partial charge in [-0.05, 0) is 47.7 Å². The van der Waals surface area contributed by atoms with Crippen molar-refractivity contribution in [2.45, 2.75) is 38.0 Å². The van der Waals surface area contributed by atoms with Crippen LogP contribution in [-0.2, 0) is 20.2 Å².